The number of nitrogens with zero attached hydrogens (tertiary/aromatic N) is 3. The quantitative estimate of drug-likeness (QED) is 0.191. The predicted molar refractivity (Wildman–Crippen MR) is 111 cm³/mol. The molecule has 0 unspecified atom stereocenters. The Hall–Kier alpha value is -3.75. The summed E-state index contributed by atoms with van der Waals surface area (Å²) in [5.41, 5.74) is 2.51. The molecule has 0 aliphatic heterocycles. The monoisotopic (exact) mass is 411 g/mol. The minimum atomic E-state index is -0.534. The standard InChI is InChI=1S/C21H21N3O6/c1-4-9-29-21(26)12-23-19-7-5-15(13(2)22-30-14(3)25)10-17(19)18-11-16(24(27)28)6-8-20(18)23/h5-8,10-11H,4,9,12H2,1-3H3. The molecular weight excluding hydrogens is 390 g/mol. The van der Waals surface area contributed by atoms with E-state index in [1.165, 1.54) is 19.1 Å². The molecule has 2 aromatic carbocycles. The van der Waals surface area contributed by atoms with Gasteiger partial charge in [-0.3, -0.25) is 14.9 Å². The number of rotatable bonds is 7. The lowest BCUT2D eigenvalue weighted by molar-refractivity contribution is -0.384. The largest absolute Gasteiger partial charge is 0.464 e. The van der Waals surface area contributed by atoms with E-state index in [0.29, 0.717) is 34.2 Å². The lowest BCUT2D eigenvalue weighted by Gasteiger charge is -2.08. The zero-order valence-corrected chi connectivity index (χ0v) is 16.9. The first-order valence-corrected chi connectivity index (χ1v) is 9.40. The van der Waals surface area contributed by atoms with Crippen LogP contribution in [0.25, 0.3) is 21.8 Å². The Balaban J connectivity index is 2.17. The summed E-state index contributed by atoms with van der Waals surface area (Å²) in [4.78, 5) is 38.7. The van der Waals surface area contributed by atoms with Crippen molar-refractivity contribution in [3.8, 4) is 0 Å². The van der Waals surface area contributed by atoms with E-state index in [1.807, 2.05) is 6.92 Å². The van der Waals surface area contributed by atoms with Crippen molar-refractivity contribution in [1.29, 1.82) is 0 Å². The lowest BCUT2D eigenvalue weighted by atomic mass is 10.1. The number of non-ortho nitro benzene ring substituents is 1. The van der Waals surface area contributed by atoms with Gasteiger partial charge in [0.25, 0.3) is 5.69 Å². The molecule has 3 rings (SSSR count). The van der Waals surface area contributed by atoms with Crippen LogP contribution in [-0.2, 0) is 25.7 Å². The average molecular weight is 411 g/mol. The summed E-state index contributed by atoms with van der Waals surface area (Å²) < 4.78 is 6.98. The SMILES string of the molecule is CCCOC(=O)Cn1c2ccc(C(C)=NOC(C)=O)cc2c2cc([N+](=O)[O-])ccc21. The molecule has 0 fully saturated rings. The van der Waals surface area contributed by atoms with Crippen LogP contribution in [-0.4, -0.2) is 33.7 Å². The van der Waals surface area contributed by atoms with Crippen molar-refractivity contribution in [2.24, 2.45) is 5.16 Å². The Morgan fingerprint density at radius 1 is 1.10 bits per heavy atom. The van der Waals surface area contributed by atoms with Gasteiger partial charge in [-0.05, 0) is 37.1 Å². The number of oxime groups is 1. The summed E-state index contributed by atoms with van der Waals surface area (Å²) in [7, 11) is 0. The van der Waals surface area contributed by atoms with Crippen LogP contribution in [0.2, 0.25) is 0 Å². The molecule has 0 aliphatic rings. The van der Waals surface area contributed by atoms with Crippen LogP contribution in [0.4, 0.5) is 5.69 Å². The van der Waals surface area contributed by atoms with E-state index in [0.717, 1.165) is 11.9 Å². The third-order valence-electron chi connectivity index (χ3n) is 4.54. The number of carbonyl (C=O) groups is 2. The molecule has 0 amide bonds. The van der Waals surface area contributed by atoms with Gasteiger partial charge in [-0.25, -0.2) is 4.79 Å². The highest BCUT2D eigenvalue weighted by Crippen LogP contribution is 2.32. The van der Waals surface area contributed by atoms with Crippen LogP contribution in [0.1, 0.15) is 32.8 Å². The van der Waals surface area contributed by atoms with Crippen molar-refractivity contribution in [1.82, 2.24) is 4.57 Å². The molecule has 0 saturated carbocycles. The minimum Gasteiger partial charge on any atom is -0.464 e. The normalized spacial score (nSPS) is 11.6. The van der Waals surface area contributed by atoms with Gasteiger partial charge >= 0.3 is 11.9 Å². The Morgan fingerprint density at radius 2 is 1.77 bits per heavy atom. The number of esters is 1. The van der Waals surface area contributed by atoms with Gasteiger partial charge in [0.1, 0.15) is 6.54 Å². The van der Waals surface area contributed by atoms with Crippen LogP contribution in [0.3, 0.4) is 0 Å². The summed E-state index contributed by atoms with van der Waals surface area (Å²) in [6.07, 6.45) is 0.718. The smallest absolute Gasteiger partial charge is 0.331 e. The molecule has 9 heteroatoms. The van der Waals surface area contributed by atoms with Gasteiger partial charge in [-0.2, -0.15) is 0 Å². The van der Waals surface area contributed by atoms with Crippen molar-refractivity contribution in [2.75, 3.05) is 6.61 Å². The molecule has 0 saturated heterocycles. The van der Waals surface area contributed by atoms with Crippen molar-refractivity contribution < 1.29 is 24.1 Å². The van der Waals surface area contributed by atoms with E-state index in [2.05, 4.69) is 5.16 Å². The van der Waals surface area contributed by atoms with Gasteiger partial charge in [-0.1, -0.05) is 18.1 Å². The van der Waals surface area contributed by atoms with Crippen molar-refractivity contribution >= 4 is 45.1 Å². The number of hydrogen-bond acceptors (Lipinski definition) is 7. The Labute approximate surface area is 172 Å². The predicted octanol–water partition coefficient (Wildman–Crippen LogP) is 3.94. The molecule has 30 heavy (non-hydrogen) atoms. The summed E-state index contributed by atoms with van der Waals surface area (Å²) in [5.74, 6) is -0.918. The molecule has 0 aliphatic carbocycles. The molecular formula is C21H21N3O6. The van der Waals surface area contributed by atoms with Crippen molar-refractivity contribution in [3.05, 3.63) is 52.1 Å². The van der Waals surface area contributed by atoms with E-state index in [4.69, 9.17) is 9.57 Å². The summed E-state index contributed by atoms with van der Waals surface area (Å²) in [6, 6.07) is 9.90. The van der Waals surface area contributed by atoms with E-state index in [-0.39, 0.29) is 18.2 Å². The van der Waals surface area contributed by atoms with Gasteiger partial charge in [0.15, 0.2) is 0 Å². The number of aromatic nitrogens is 1. The van der Waals surface area contributed by atoms with Crippen LogP contribution in [0.15, 0.2) is 41.6 Å². The van der Waals surface area contributed by atoms with Gasteiger partial charge in [0, 0.05) is 35.3 Å². The van der Waals surface area contributed by atoms with Crippen molar-refractivity contribution in [2.45, 2.75) is 33.7 Å². The maximum Gasteiger partial charge on any atom is 0.331 e. The minimum absolute atomic E-state index is 0.0162. The zero-order chi connectivity index (χ0) is 21.8. The topological polar surface area (TPSA) is 113 Å². The van der Waals surface area contributed by atoms with E-state index in [9.17, 15) is 19.7 Å². The Kier molecular flexibility index (Phi) is 6.10. The number of nitro groups is 1. The van der Waals surface area contributed by atoms with Crippen LogP contribution in [0.5, 0.6) is 0 Å². The molecule has 0 N–H and O–H groups in total. The second-order valence-corrected chi connectivity index (χ2v) is 6.76. The van der Waals surface area contributed by atoms with Gasteiger partial charge in [0.05, 0.1) is 22.8 Å². The van der Waals surface area contributed by atoms with E-state index < -0.39 is 10.9 Å². The van der Waals surface area contributed by atoms with Crippen molar-refractivity contribution in [3.63, 3.8) is 0 Å². The highest BCUT2D eigenvalue weighted by molar-refractivity contribution is 6.12. The molecule has 3 aromatic rings. The fourth-order valence-electron chi connectivity index (χ4n) is 3.18. The molecule has 0 atom stereocenters. The second-order valence-electron chi connectivity index (χ2n) is 6.76. The third kappa shape index (κ3) is 4.29. The molecule has 0 radical (unpaired) electrons. The highest BCUT2D eigenvalue weighted by Gasteiger charge is 2.18. The van der Waals surface area contributed by atoms with Gasteiger partial charge < -0.3 is 14.1 Å². The maximum atomic E-state index is 12.2. The molecule has 1 aromatic heterocycles. The number of ether oxygens (including phenoxy) is 1. The molecule has 156 valence electrons. The van der Waals surface area contributed by atoms with E-state index >= 15 is 0 Å². The third-order valence-corrected chi connectivity index (χ3v) is 4.54. The molecule has 0 bridgehead atoms. The summed E-state index contributed by atoms with van der Waals surface area (Å²) in [6.45, 7) is 5.17. The number of carbonyl (C=O) groups excluding carboxylic acids is 2. The number of benzene rings is 2. The fourth-order valence-corrected chi connectivity index (χ4v) is 3.18. The first kappa shape index (κ1) is 21.0. The first-order valence-electron chi connectivity index (χ1n) is 9.40. The van der Waals surface area contributed by atoms with E-state index in [1.54, 1.807) is 35.8 Å². The Morgan fingerprint density at radius 3 is 2.40 bits per heavy atom. The van der Waals surface area contributed by atoms with Gasteiger partial charge in [-0.15, -0.1) is 0 Å². The highest BCUT2D eigenvalue weighted by atomic mass is 16.7. The molecule has 0 spiro atoms. The lowest BCUT2D eigenvalue weighted by Crippen LogP contribution is -2.13. The zero-order valence-electron chi connectivity index (χ0n) is 16.9. The number of hydrogen-bond donors (Lipinski definition) is 0. The Bertz CT molecular complexity index is 1180. The summed E-state index contributed by atoms with van der Waals surface area (Å²) >= 11 is 0. The number of nitro benzene ring substituents is 1. The molecule has 1 heterocycles. The maximum absolute atomic E-state index is 12.2. The number of fused-ring (bicyclic) bond motifs is 3. The molecule has 9 nitrogen and oxygen atoms in total. The van der Waals surface area contributed by atoms with Gasteiger partial charge in [0.2, 0.25) is 0 Å². The van der Waals surface area contributed by atoms with Crippen LogP contribution >= 0.6 is 0 Å². The average Bonchev–Trinajstić information content (AvgIpc) is 3.02. The van der Waals surface area contributed by atoms with Crippen LogP contribution in [0, 0.1) is 10.1 Å². The summed E-state index contributed by atoms with van der Waals surface area (Å²) in [5, 5.41) is 16.4. The van der Waals surface area contributed by atoms with Crippen LogP contribution < -0.4 is 0 Å². The first-order chi connectivity index (χ1) is 14.3. The second kappa shape index (κ2) is 8.73. The fraction of sp³-hybridized carbons (Fsp3) is 0.286.